The lowest BCUT2D eigenvalue weighted by molar-refractivity contribution is -0.141. The molecule has 1 saturated heterocycles. The fraction of sp³-hybridized carbons (Fsp3) is 0.609. The van der Waals surface area contributed by atoms with Crippen LogP contribution in [-0.4, -0.2) is 35.7 Å². The van der Waals surface area contributed by atoms with Crippen LogP contribution in [0, 0.1) is 11.8 Å². The van der Waals surface area contributed by atoms with Gasteiger partial charge in [-0.1, -0.05) is 63.4 Å². The van der Waals surface area contributed by atoms with Gasteiger partial charge in [-0.3, -0.25) is 19.6 Å². The van der Waals surface area contributed by atoms with E-state index in [1.54, 1.807) is 5.48 Å². The summed E-state index contributed by atoms with van der Waals surface area (Å²) in [6, 6.07) is 9.79. The fourth-order valence-electron chi connectivity index (χ4n) is 4.07. The van der Waals surface area contributed by atoms with Gasteiger partial charge in [-0.05, 0) is 31.2 Å². The first-order valence-electron chi connectivity index (χ1n) is 11.2. The van der Waals surface area contributed by atoms with Crippen LogP contribution in [0.5, 0.6) is 0 Å². The number of hydrogen-bond acceptors (Lipinski definition) is 5. The zero-order chi connectivity index (χ0) is 22.6. The van der Waals surface area contributed by atoms with Crippen molar-refractivity contribution < 1.29 is 24.3 Å². The number of carbonyl (C=O) groups is 3. The predicted molar refractivity (Wildman–Crippen MR) is 116 cm³/mol. The Balaban J connectivity index is 1.84. The second kappa shape index (κ2) is 13.1. The van der Waals surface area contributed by atoms with Crippen LogP contribution in [0.15, 0.2) is 30.3 Å². The summed E-state index contributed by atoms with van der Waals surface area (Å²) in [5.41, 5.74) is 2.72. The lowest BCUT2D eigenvalue weighted by Crippen LogP contribution is -2.46. The number of rotatable bonds is 12. The molecular formula is C23H35N3O5. The normalized spacial score (nSPS) is 20.0. The van der Waals surface area contributed by atoms with Crippen molar-refractivity contribution in [1.29, 1.82) is 0 Å². The van der Waals surface area contributed by atoms with Crippen LogP contribution in [-0.2, 0) is 19.1 Å². The summed E-state index contributed by atoms with van der Waals surface area (Å²) in [7, 11) is 0. The molecule has 0 spiro atoms. The largest absolute Gasteiger partial charge is 0.360 e. The Morgan fingerprint density at radius 1 is 1.03 bits per heavy atom. The van der Waals surface area contributed by atoms with Crippen LogP contribution in [0.2, 0.25) is 0 Å². The molecule has 1 aliphatic rings. The highest BCUT2D eigenvalue weighted by molar-refractivity contribution is 5.87. The molecule has 8 nitrogen and oxygen atoms in total. The van der Waals surface area contributed by atoms with Crippen molar-refractivity contribution >= 4 is 17.7 Å². The smallest absolute Gasteiger partial charge is 0.250 e. The number of hydroxylamine groups is 1. The van der Waals surface area contributed by atoms with Gasteiger partial charge >= 0.3 is 0 Å². The molecule has 8 heteroatoms. The molecule has 4 atom stereocenters. The van der Waals surface area contributed by atoms with Gasteiger partial charge in [0.15, 0.2) is 0 Å². The third-order valence-corrected chi connectivity index (χ3v) is 5.84. The zero-order valence-electron chi connectivity index (χ0n) is 18.4. The second-order valence-corrected chi connectivity index (χ2v) is 7.95. The van der Waals surface area contributed by atoms with Crippen molar-refractivity contribution in [3.63, 3.8) is 0 Å². The molecule has 1 fully saturated rings. The van der Waals surface area contributed by atoms with E-state index in [0.717, 1.165) is 31.2 Å². The third-order valence-electron chi connectivity index (χ3n) is 5.84. The van der Waals surface area contributed by atoms with Crippen LogP contribution < -0.4 is 16.1 Å². The quantitative estimate of drug-likeness (QED) is 0.175. The van der Waals surface area contributed by atoms with Crippen LogP contribution in [0.3, 0.4) is 0 Å². The van der Waals surface area contributed by atoms with E-state index < -0.39 is 23.8 Å². The van der Waals surface area contributed by atoms with Gasteiger partial charge in [0.25, 0.3) is 5.91 Å². The van der Waals surface area contributed by atoms with E-state index in [0.29, 0.717) is 19.3 Å². The van der Waals surface area contributed by atoms with Gasteiger partial charge in [0, 0.05) is 5.92 Å². The summed E-state index contributed by atoms with van der Waals surface area (Å²) in [6.07, 6.45) is 4.48. The zero-order valence-corrected chi connectivity index (χ0v) is 18.4. The van der Waals surface area contributed by atoms with E-state index in [4.69, 9.17) is 9.94 Å². The van der Waals surface area contributed by atoms with Crippen molar-refractivity contribution in [3.05, 3.63) is 35.9 Å². The molecule has 0 aliphatic carbocycles. The summed E-state index contributed by atoms with van der Waals surface area (Å²) in [6.45, 7) is 3.84. The average Bonchev–Trinajstić information content (AvgIpc) is 3.29. The van der Waals surface area contributed by atoms with E-state index in [9.17, 15) is 14.4 Å². The molecule has 172 valence electrons. The Morgan fingerprint density at radius 3 is 2.42 bits per heavy atom. The van der Waals surface area contributed by atoms with Gasteiger partial charge in [0.2, 0.25) is 11.8 Å². The van der Waals surface area contributed by atoms with Gasteiger partial charge in [-0.2, -0.15) is 0 Å². The van der Waals surface area contributed by atoms with Gasteiger partial charge in [0.1, 0.15) is 6.10 Å². The topological polar surface area (TPSA) is 117 Å². The number of unbranched alkanes of at least 4 members (excludes halogenated alkanes) is 2. The SMILES string of the molecule is CCCCC[C@@H](C(=O)NCNC(=O)C1CCC(c2ccccc2)O1)[C@@H](CC)C(=O)NO. The van der Waals surface area contributed by atoms with Crippen LogP contribution in [0.4, 0.5) is 0 Å². The molecule has 1 heterocycles. The Morgan fingerprint density at radius 2 is 1.77 bits per heavy atom. The Kier molecular flexibility index (Phi) is 10.5. The van der Waals surface area contributed by atoms with E-state index in [2.05, 4.69) is 17.6 Å². The van der Waals surface area contributed by atoms with Crippen molar-refractivity contribution in [2.45, 2.75) is 71.0 Å². The maximum atomic E-state index is 12.7. The Labute approximate surface area is 184 Å². The molecule has 0 aromatic heterocycles. The van der Waals surface area contributed by atoms with Crippen molar-refractivity contribution in [1.82, 2.24) is 16.1 Å². The van der Waals surface area contributed by atoms with Gasteiger partial charge in [0.05, 0.1) is 18.7 Å². The number of nitrogens with one attached hydrogen (secondary N) is 3. The van der Waals surface area contributed by atoms with Crippen molar-refractivity contribution in [3.8, 4) is 0 Å². The van der Waals surface area contributed by atoms with Crippen molar-refractivity contribution in [2.75, 3.05) is 6.67 Å². The van der Waals surface area contributed by atoms with Gasteiger partial charge in [-0.15, -0.1) is 0 Å². The summed E-state index contributed by atoms with van der Waals surface area (Å²) < 4.78 is 5.88. The van der Waals surface area contributed by atoms with Gasteiger partial charge < -0.3 is 15.4 Å². The van der Waals surface area contributed by atoms with Crippen LogP contribution >= 0.6 is 0 Å². The number of carbonyl (C=O) groups excluding carboxylic acids is 3. The Bertz CT molecular complexity index is 712. The first-order valence-corrected chi connectivity index (χ1v) is 11.2. The van der Waals surface area contributed by atoms with Crippen LogP contribution in [0.1, 0.15) is 70.5 Å². The molecule has 4 N–H and O–H groups in total. The monoisotopic (exact) mass is 433 g/mol. The lowest BCUT2D eigenvalue weighted by atomic mass is 9.84. The predicted octanol–water partition coefficient (Wildman–Crippen LogP) is 2.82. The molecule has 1 aromatic carbocycles. The van der Waals surface area contributed by atoms with E-state index in [1.807, 2.05) is 37.3 Å². The van der Waals surface area contributed by atoms with E-state index in [-0.39, 0.29) is 24.6 Å². The molecule has 1 aliphatic heterocycles. The summed E-state index contributed by atoms with van der Waals surface area (Å²) in [5, 5.41) is 14.4. The minimum absolute atomic E-state index is 0.0328. The van der Waals surface area contributed by atoms with Crippen molar-refractivity contribution in [2.24, 2.45) is 11.8 Å². The fourth-order valence-corrected chi connectivity index (χ4v) is 4.07. The average molecular weight is 434 g/mol. The highest BCUT2D eigenvalue weighted by Gasteiger charge is 2.33. The van der Waals surface area contributed by atoms with E-state index in [1.165, 1.54) is 0 Å². The standard InChI is InChI=1S/C23H35N3O5/c1-3-5-7-12-18(17(4-2)22(28)26-30)21(27)24-15-25-23(29)20-14-13-19(31-20)16-10-8-6-9-11-16/h6,8-11,17-20,30H,3-5,7,12-15H2,1-2H3,(H,24,27)(H,25,29)(H,26,28)/t17-,18-,19?,20?/m1/s1. The lowest BCUT2D eigenvalue weighted by Gasteiger charge is -2.24. The summed E-state index contributed by atoms with van der Waals surface area (Å²) >= 11 is 0. The number of benzene rings is 1. The van der Waals surface area contributed by atoms with Gasteiger partial charge in [-0.25, -0.2) is 5.48 Å². The molecule has 0 saturated carbocycles. The molecule has 2 unspecified atom stereocenters. The molecule has 31 heavy (non-hydrogen) atoms. The minimum atomic E-state index is -0.623. The second-order valence-electron chi connectivity index (χ2n) is 7.95. The van der Waals surface area contributed by atoms with E-state index >= 15 is 0 Å². The summed E-state index contributed by atoms with van der Waals surface area (Å²) in [4.78, 5) is 37.2. The highest BCUT2D eigenvalue weighted by atomic mass is 16.5. The van der Waals surface area contributed by atoms with Crippen LogP contribution in [0.25, 0.3) is 0 Å². The third kappa shape index (κ3) is 7.33. The number of ether oxygens (including phenoxy) is 1. The first kappa shape index (κ1) is 24.8. The highest BCUT2D eigenvalue weighted by Crippen LogP contribution is 2.32. The maximum absolute atomic E-state index is 12.7. The molecule has 1 aromatic rings. The maximum Gasteiger partial charge on any atom is 0.250 e. The molecule has 3 amide bonds. The molecule has 0 radical (unpaired) electrons. The molecule has 0 bridgehead atoms. The number of amides is 3. The Hall–Kier alpha value is -2.45. The molecule has 2 rings (SSSR count). The minimum Gasteiger partial charge on any atom is -0.360 e. The summed E-state index contributed by atoms with van der Waals surface area (Å²) in [5.74, 6) is -2.31. The molecular weight excluding hydrogens is 398 g/mol. The first-order chi connectivity index (χ1) is 15.0. The number of hydrogen-bond donors (Lipinski definition) is 4.